The van der Waals surface area contributed by atoms with E-state index < -0.39 is 42.1 Å². The van der Waals surface area contributed by atoms with Crippen LogP contribution in [0.2, 0.25) is 0 Å². The monoisotopic (exact) mass is 520 g/mol. The van der Waals surface area contributed by atoms with Crippen LogP contribution in [0.4, 0.5) is 0 Å². The van der Waals surface area contributed by atoms with E-state index in [9.17, 15) is 14.7 Å². The highest BCUT2D eigenvalue weighted by molar-refractivity contribution is 7.98. The number of hydrogen-bond acceptors (Lipinski definition) is 10. The van der Waals surface area contributed by atoms with E-state index in [1.807, 2.05) is 30.3 Å². The lowest BCUT2D eigenvalue weighted by atomic mass is 10.1. The highest BCUT2D eigenvalue weighted by Gasteiger charge is 2.51. The van der Waals surface area contributed by atoms with Gasteiger partial charge < -0.3 is 24.4 Å². The minimum absolute atomic E-state index is 0.234. The molecule has 0 spiro atoms. The Labute approximate surface area is 209 Å². The van der Waals surface area contributed by atoms with Crippen LogP contribution in [0.5, 0.6) is 6.01 Å². The van der Waals surface area contributed by atoms with Crippen molar-refractivity contribution in [3.63, 3.8) is 0 Å². The van der Waals surface area contributed by atoms with Crippen LogP contribution in [0.25, 0.3) is 0 Å². The zero-order valence-electron chi connectivity index (χ0n) is 19.5. The summed E-state index contributed by atoms with van der Waals surface area (Å²) >= 11 is 1.55. The summed E-state index contributed by atoms with van der Waals surface area (Å²) < 4.78 is 20.1. The first-order valence-corrected chi connectivity index (χ1v) is 11.7. The third-order valence-electron chi connectivity index (χ3n) is 5.11. The molecule has 3 N–H and O–H groups in total. The highest BCUT2D eigenvalue weighted by atomic mass is 32.2. The van der Waals surface area contributed by atoms with E-state index in [1.165, 1.54) is 36.4 Å². The number of hydrogen-bond donors (Lipinski definition) is 3. The van der Waals surface area contributed by atoms with Crippen LogP contribution in [0.3, 0.4) is 0 Å². The number of thioether (sulfide) groups is 1. The van der Waals surface area contributed by atoms with Gasteiger partial charge in [0.05, 0.1) is 18.8 Å². The number of carbonyl (C=O) groups is 2. The molecule has 1 aliphatic rings. The molecule has 0 aliphatic carbocycles. The molecule has 0 amide bonds. The lowest BCUT2D eigenvalue weighted by molar-refractivity contribution is -0.772. The van der Waals surface area contributed by atoms with Crippen molar-refractivity contribution in [2.24, 2.45) is 0 Å². The molecule has 192 valence electrons. The van der Waals surface area contributed by atoms with Crippen LogP contribution in [-0.2, 0) is 36.1 Å². The number of aromatic hydroxyl groups is 1. The van der Waals surface area contributed by atoms with E-state index >= 15 is 0 Å². The number of esters is 1. The minimum atomic E-state index is -0.850. The van der Waals surface area contributed by atoms with Crippen molar-refractivity contribution >= 4 is 24.2 Å². The average molecular weight is 521 g/mol. The number of nitrogens with one attached hydrogen (secondary N) is 1. The standard InChI is InChI=1S/C21H23N5O6S.CH2O2/c1-13(27)31-18-15(32-20(19(18)30-2)26-9-8-16(28)22-21(26)29)10-25-11-17(23-24-25)33-12-14-6-4-3-5-7-14;2-1-3/h3-9,11,15,18-20H,10,12H2,1-2H3,(H,22,28,29);1H,(H,2,3)/p+1. The zero-order valence-corrected chi connectivity index (χ0v) is 20.3. The van der Waals surface area contributed by atoms with Crippen LogP contribution < -0.4 is 10.1 Å². The van der Waals surface area contributed by atoms with Gasteiger partial charge in [-0.3, -0.25) is 9.59 Å². The van der Waals surface area contributed by atoms with Crippen LogP contribution in [0.1, 0.15) is 18.7 Å². The molecule has 3 aromatic rings. The van der Waals surface area contributed by atoms with Gasteiger partial charge in [-0.2, -0.15) is 9.55 Å². The van der Waals surface area contributed by atoms with E-state index in [-0.39, 0.29) is 13.0 Å². The maximum atomic E-state index is 11.8. The summed E-state index contributed by atoms with van der Waals surface area (Å²) in [7, 11) is 1.46. The van der Waals surface area contributed by atoms with Gasteiger partial charge in [0.25, 0.3) is 6.47 Å². The van der Waals surface area contributed by atoms with Crippen molar-refractivity contribution in [2.75, 3.05) is 7.11 Å². The third-order valence-corrected chi connectivity index (χ3v) is 6.07. The average Bonchev–Trinajstić information content (AvgIpc) is 3.43. The summed E-state index contributed by atoms with van der Waals surface area (Å²) in [6, 6.07) is 10.9. The molecule has 13 nitrogen and oxygen atoms in total. The first-order valence-electron chi connectivity index (χ1n) is 10.7. The second-order valence-electron chi connectivity index (χ2n) is 7.53. The molecule has 1 aliphatic heterocycles. The van der Waals surface area contributed by atoms with E-state index in [0.717, 1.165) is 10.8 Å². The Bertz CT molecular complexity index is 1200. The number of ether oxygens (including phenoxy) is 3. The number of carbonyl (C=O) groups excluding carboxylic acids is 1. The predicted octanol–water partition coefficient (Wildman–Crippen LogP) is 0.497. The van der Waals surface area contributed by atoms with Gasteiger partial charge >= 0.3 is 17.5 Å². The topological polar surface area (TPSA) is 170 Å². The molecule has 1 fully saturated rings. The second-order valence-corrected chi connectivity index (χ2v) is 8.53. The number of nitrogens with zero attached hydrogens (tertiary/aromatic N) is 4. The summed E-state index contributed by atoms with van der Waals surface area (Å²) in [5.74, 6) is 0.260. The molecule has 1 saturated heterocycles. The van der Waals surface area contributed by atoms with Crippen molar-refractivity contribution in [1.82, 2.24) is 20.0 Å². The van der Waals surface area contributed by atoms with Crippen molar-refractivity contribution in [2.45, 2.75) is 48.8 Å². The molecular weight excluding hydrogens is 494 g/mol. The Morgan fingerprint density at radius 3 is 2.67 bits per heavy atom. The van der Waals surface area contributed by atoms with E-state index in [0.29, 0.717) is 0 Å². The Morgan fingerprint density at radius 1 is 1.31 bits per heavy atom. The number of methoxy groups -OCH3 is 1. The summed E-state index contributed by atoms with van der Waals surface area (Å²) in [4.78, 5) is 33.9. The van der Waals surface area contributed by atoms with Crippen LogP contribution in [-0.4, -0.2) is 68.1 Å². The maximum absolute atomic E-state index is 11.8. The van der Waals surface area contributed by atoms with Gasteiger partial charge in [-0.1, -0.05) is 47.3 Å². The molecule has 4 atom stereocenters. The Morgan fingerprint density at radius 2 is 2.03 bits per heavy atom. The molecule has 4 rings (SSSR count). The Kier molecular flexibility index (Phi) is 9.55. The normalized spacial score (nSPS) is 20.8. The van der Waals surface area contributed by atoms with E-state index in [1.54, 1.807) is 22.6 Å². The summed E-state index contributed by atoms with van der Waals surface area (Å²) in [6.45, 7) is 1.29. The van der Waals surface area contributed by atoms with Gasteiger partial charge in [-0.25, -0.2) is 9.48 Å². The van der Waals surface area contributed by atoms with Gasteiger partial charge in [0, 0.05) is 19.8 Å². The van der Waals surface area contributed by atoms with Gasteiger partial charge in [0.1, 0.15) is 17.3 Å². The van der Waals surface area contributed by atoms with Crippen LogP contribution in [0.15, 0.2) is 58.6 Å². The molecule has 0 saturated carbocycles. The molecular formula is C22H26N5O8S+. The first-order chi connectivity index (χ1) is 17.4. The van der Waals surface area contributed by atoms with Crippen LogP contribution in [0, 0.1) is 0 Å². The molecule has 3 heterocycles. The van der Waals surface area contributed by atoms with Gasteiger partial charge in [0.15, 0.2) is 12.2 Å². The Balaban J connectivity index is 0.00000115. The van der Waals surface area contributed by atoms with Crippen molar-refractivity contribution < 1.29 is 38.6 Å². The number of benzene rings is 1. The molecule has 1 aromatic carbocycles. The molecule has 0 radical (unpaired) electrons. The summed E-state index contributed by atoms with van der Waals surface area (Å²) in [5.41, 5.74) is 0.710. The maximum Gasteiger partial charge on any atom is 0.456 e. The lowest BCUT2D eigenvalue weighted by Gasteiger charge is -2.21. The SMILES string of the molecule is COC1C(OC(C)=O)C(Cn2cc(SCc3ccccc3)nn2)OC1[n+]1ccc(=O)[nH]c1O.O=CO. The van der Waals surface area contributed by atoms with Gasteiger partial charge in [-0.15, -0.1) is 5.10 Å². The third kappa shape index (κ3) is 6.90. The highest BCUT2D eigenvalue weighted by Crippen LogP contribution is 2.32. The second kappa shape index (κ2) is 12.8. The minimum Gasteiger partial charge on any atom is -0.483 e. The van der Waals surface area contributed by atoms with E-state index in [2.05, 4.69) is 15.3 Å². The summed E-state index contributed by atoms with van der Waals surface area (Å²) in [5, 5.41) is 26.2. The zero-order chi connectivity index (χ0) is 26.1. The lowest BCUT2D eigenvalue weighted by Crippen LogP contribution is -2.48. The fraction of sp³-hybridized carbons (Fsp3) is 0.364. The van der Waals surface area contributed by atoms with Crippen molar-refractivity contribution in [1.29, 1.82) is 0 Å². The predicted molar refractivity (Wildman–Crippen MR) is 124 cm³/mol. The van der Waals surface area contributed by atoms with Crippen LogP contribution >= 0.6 is 11.8 Å². The Hall–Kier alpha value is -3.75. The number of aromatic nitrogens is 5. The van der Waals surface area contributed by atoms with E-state index in [4.69, 9.17) is 24.1 Å². The van der Waals surface area contributed by atoms with Crippen molar-refractivity contribution in [3.05, 3.63) is 64.7 Å². The molecule has 36 heavy (non-hydrogen) atoms. The number of rotatable bonds is 8. The molecule has 14 heteroatoms. The first kappa shape index (κ1) is 26.8. The van der Waals surface area contributed by atoms with Gasteiger partial charge in [-0.05, 0) is 5.56 Å². The molecule has 2 aromatic heterocycles. The number of H-pyrrole nitrogens is 1. The largest absolute Gasteiger partial charge is 0.483 e. The number of carboxylic acid groups (broad SMARTS) is 1. The quantitative estimate of drug-likeness (QED) is 0.164. The van der Waals surface area contributed by atoms with Crippen molar-refractivity contribution in [3.8, 4) is 6.01 Å². The van der Waals surface area contributed by atoms with Gasteiger partial charge in [0.2, 0.25) is 6.23 Å². The number of aromatic amines is 1. The smallest absolute Gasteiger partial charge is 0.456 e. The summed E-state index contributed by atoms with van der Waals surface area (Å²) in [6.07, 6.45) is 0.165. The molecule has 0 bridgehead atoms. The fourth-order valence-corrected chi connectivity index (χ4v) is 4.45. The fourth-order valence-electron chi connectivity index (χ4n) is 3.66. The molecule has 4 unspecified atom stereocenters.